The van der Waals surface area contributed by atoms with Gasteiger partial charge in [0.2, 0.25) is 0 Å². The van der Waals surface area contributed by atoms with Crippen molar-refractivity contribution in [3.05, 3.63) is 24.0 Å². The number of ether oxygens (including phenoxy) is 1. The predicted octanol–water partition coefficient (Wildman–Crippen LogP) is 2.58. The molecule has 0 bridgehead atoms. The van der Waals surface area contributed by atoms with Gasteiger partial charge in [-0.2, -0.15) is 0 Å². The molecule has 1 fully saturated rings. The highest BCUT2D eigenvalue weighted by molar-refractivity contribution is 5.15. The van der Waals surface area contributed by atoms with Crippen LogP contribution in [0.5, 0.6) is 0 Å². The third-order valence-corrected chi connectivity index (χ3v) is 3.28. The summed E-state index contributed by atoms with van der Waals surface area (Å²) in [5.74, 6) is 1.85. The van der Waals surface area contributed by atoms with Crippen LogP contribution in [0.4, 0.5) is 0 Å². The van der Waals surface area contributed by atoms with E-state index in [1.54, 1.807) is 0 Å². The van der Waals surface area contributed by atoms with Gasteiger partial charge in [0.05, 0.1) is 6.61 Å². The Bertz CT molecular complexity index is 249. The van der Waals surface area contributed by atoms with Crippen LogP contribution >= 0.6 is 0 Å². The van der Waals surface area contributed by atoms with Crippen LogP contribution in [0.3, 0.4) is 0 Å². The fourth-order valence-corrected chi connectivity index (χ4v) is 2.14. The van der Waals surface area contributed by atoms with Crippen molar-refractivity contribution in [2.75, 3.05) is 26.7 Å². The van der Waals surface area contributed by atoms with Crippen LogP contribution in [0.2, 0.25) is 0 Å². The molecule has 0 N–H and O–H groups in total. The van der Waals surface area contributed by atoms with E-state index in [9.17, 15) is 0 Å². The second kappa shape index (κ2) is 5.36. The fourth-order valence-electron chi connectivity index (χ4n) is 2.14. The Kier molecular flexibility index (Phi) is 3.84. The van der Waals surface area contributed by atoms with Gasteiger partial charge < -0.3 is 9.64 Å². The lowest BCUT2D eigenvalue weighted by atomic mass is 9.98. The molecule has 0 aromatic rings. The molecule has 1 heterocycles. The Balaban J connectivity index is 1.69. The molecule has 84 valence electrons. The Morgan fingerprint density at radius 2 is 2.13 bits per heavy atom. The van der Waals surface area contributed by atoms with Gasteiger partial charge in [0.15, 0.2) is 0 Å². The molecule has 2 nitrogen and oxygen atoms in total. The maximum Gasteiger partial charge on any atom is 0.115 e. The molecule has 0 atom stereocenters. The molecule has 0 aromatic carbocycles. The van der Waals surface area contributed by atoms with E-state index in [0.717, 1.165) is 24.7 Å². The first-order valence-electron chi connectivity index (χ1n) is 6.02. The first-order chi connectivity index (χ1) is 7.34. The van der Waals surface area contributed by atoms with Crippen LogP contribution in [0.15, 0.2) is 24.0 Å². The number of piperidine rings is 1. The normalized spacial score (nSPS) is 23.9. The zero-order valence-electron chi connectivity index (χ0n) is 9.61. The molecule has 0 amide bonds. The van der Waals surface area contributed by atoms with Crippen molar-refractivity contribution in [2.45, 2.75) is 25.7 Å². The molecule has 0 aromatic heterocycles. The van der Waals surface area contributed by atoms with Gasteiger partial charge in [-0.25, -0.2) is 0 Å². The molecular formula is C13H21NO. The second-order valence-electron chi connectivity index (χ2n) is 4.64. The molecule has 1 saturated heterocycles. The highest BCUT2D eigenvalue weighted by Gasteiger charge is 2.17. The van der Waals surface area contributed by atoms with Crippen molar-refractivity contribution < 1.29 is 4.74 Å². The van der Waals surface area contributed by atoms with E-state index in [4.69, 9.17) is 4.74 Å². The van der Waals surface area contributed by atoms with Gasteiger partial charge in [-0.05, 0) is 63.9 Å². The van der Waals surface area contributed by atoms with E-state index >= 15 is 0 Å². The van der Waals surface area contributed by atoms with Crippen molar-refractivity contribution >= 4 is 0 Å². The molecular weight excluding hydrogens is 186 g/mol. The minimum Gasteiger partial charge on any atom is -0.494 e. The van der Waals surface area contributed by atoms with E-state index in [1.165, 1.54) is 32.4 Å². The van der Waals surface area contributed by atoms with E-state index in [-0.39, 0.29) is 0 Å². The molecule has 0 saturated carbocycles. The van der Waals surface area contributed by atoms with Gasteiger partial charge in [-0.3, -0.25) is 0 Å². The molecule has 1 aliphatic heterocycles. The first-order valence-corrected chi connectivity index (χ1v) is 6.02. The molecule has 1 aliphatic carbocycles. The fraction of sp³-hybridized carbons (Fsp3) is 0.692. The summed E-state index contributed by atoms with van der Waals surface area (Å²) in [5, 5.41) is 0. The highest BCUT2D eigenvalue weighted by atomic mass is 16.5. The SMILES string of the molecule is CN1CCC(COC2=CCCC=C2)CC1. The minimum absolute atomic E-state index is 0.762. The zero-order valence-corrected chi connectivity index (χ0v) is 9.61. The Morgan fingerprint density at radius 1 is 1.33 bits per heavy atom. The number of hydrogen-bond acceptors (Lipinski definition) is 2. The molecule has 2 heteroatoms. The summed E-state index contributed by atoms with van der Waals surface area (Å²) in [7, 11) is 2.20. The topological polar surface area (TPSA) is 12.5 Å². The van der Waals surface area contributed by atoms with E-state index in [1.807, 2.05) is 0 Å². The maximum atomic E-state index is 5.81. The summed E-state index contributed by atoms with van der Waals surface area (Å²) >= 11 is 0. The van der Waals surface area contributed by atoms with Crippen LogP contribution in [0.1, 0.15) is 25.7 Å². The number of hydrogen-bond donors (Lipinski definition) is 0. The summed E-state index contributed by atoms with van der Waals surface area (Å²) in [6, 6.07) is 0. The summed E-state index contributed by atoms with van der Waals surface area (Å²) in [6.45, 7) is 3.36. The Morgan fingerprint density at radius 3 is 2.80 bits per heavy atom. The van der Waals surface area contributed by atoms with Crippen molar-refractivity contribution in [1.29, 1.82) is 0 Å². The Hall–Kier alpha value is -0.760. The van der Waals surface area contributed by atoms with Gasteiger partial charge in [0.25, 0.3) is 0 Å². The number of likely N-dealkylation sites (tertiary alicyclic amines) is 1. The molecule has 0 unspecified atom stereocenters. The van der Waals surface area contributed by atoms with Crippen molar-refractivity contribution in [2.24, 2.45) is 5.92 Å². The van der Waals surface area contributed by atoms with E-state index < -0.39 is 0 Å². The summed E-state index contributed by atoms with van der Waals surface area (Å²) in [6.07, 6.45) is 11.4. The van der Waals surface area contributed by atoms with Gasteiger partial charge >= 0.3 is 0 Å². The third kappa shape index (κ3) is 3.38. The van der Waals surface area contributed by atoms with Gasteiger partial charge in [0.1, 0.15) is 5.76 Å². The molecule has 0 radical (unpaired) electrons. The van der Waals surface area contributed by atoms with Crippen LogP contribution in [0.25, 0.3) is 0 Å². The lowest BCUT2D eigenvalue weighted by Crippen LogP contribution is -2.31. The van der Waals surface area contributed by atoms with Crippen LogP contribution in [0, 0.1) is 5.92 Å². The summed E-state index contributed by atoms with van der Waals surface area (Å²) < 4.78 is 5.81. The molecule has 2 aliphatic rings. The van der Waals surface area contributed by atoms with Gasteiger partial charge in [-0.1, -0.05) is 6.08 Å². The second-order valence-corrected chi connectivity index (χ2v) is 4.64. The standard InChI is InChI=1S/C13H21NO/c1-14-9-7-12(8-10-14)11-15-13-5-3-2-4-6-13/h3,5-6,12H,2,4,7-11H2,1H3. The number of allylic oxidation sites excluding steroid dienone is 3. The third-order valence-electron chi connectivity index (χ3n) is 3.28. The van der Waals surface area contributed by atoms with Gasteiger partial charge in [-0.15, -0.1) is 0 Å². The highest BCUT2D eigenvalue weighted by Crippen LogP contribution is 2.19. The molecule has 15 heavy (non-hydrogen) atoms. The summed E-state index contributed by atoms with van der Waals surface area (Å²) in [5.41, 5.74) is 0. The average Bonchev–Trinajstić information content (AvgIpc) is 2.30. The Labute approximate surface area is 92.6 Å². The van der Waals surface area contributed by atoms with E-state index in [2.05, 4.69) is 30.2 Å². The largest absolute Gasteiger partial charge is 0.494 e. The van der Waals surface area contributed by atoms with Crippen molar-refractivity contribution in [1.82, 2.24) is 4.90 Å². The average molecular weight is 207 g/mol. The summed E-state index contributed by atoms with van der Waals surface area (Å²) in [4.78, 5) is 2.40. The molecule has 0 spiro atoms. The minimum atomic E-state index is 0.762. The van der Waals surface area contributed by atoms with Crippen LogP contribution in [-0.2, 0) is 4.74 Å². The van der Waals surface area contributed by atoms with Crippen molar-refractivity contribution in [3.63, 3.8) is 0 Å². The van der Waals surface area contributed by atoms with Crippen LogP contribution in [-0.4, -0.2) is 31.6 Å². The lowest BCUT2D eigenvalue weighted by molar-refractivity contribution is 0.122. The quantitative estimate of drug-likeness (QED) is 0.705. The first kappa shape index (κ1) is 10.7. The number of nitrogens with zero attached hydrogens (tertiary/aromatic N) is 1. The monoisotopic (exact) mass is 207 g/mol. The lowest BCUT2D eigenvalue weighted by Gasteiger charge is -2.29. The van der Waals surface area contributed by atoms with E-state index in [0.29, 0.717) is 0 Å². The number of rotatable bonds is 3. The van der Waals surface area contributed by atoms with Gasteiger partial charge in [0, 0.05) is 0 Å². The zero-order chi connectivity index (χ0) is 10.5. The molecule has 2 rings (SSSR count). The smallest absolute Gasteiger partial charge is 0.115 e. The van der Waals surface area contributed by atoms with Crippen molar-refractivity contribution in [3.8, 4) is 0 Å². The maximum absolute atomic E-state index is 5.81. The van der Waals surface area contributed by atoms with Crippen LogP contribution < -0.4 is 0 Å². The predicted molar refractivity (Wildman–Crippen MR) is 62.6 cm³/mol.